The maximum absolute atomic E-state index is 5.71. The van der Waals surface area contributed by atoms with Crippen molar-refractivity contribution in [2.75, 3.05) is 18.8 Å². The second-order valence-corrected chi connectivity index (χ2v) is 4.29. The van der Waals surface area contributed by atoms with E-state index in [0.717, 1.165) is 23.7 Å². The number of nitrogens with zero attached hydrogens (tertiary/aromatic N) is 4. The molecule has 0 aliphatic carbocycles. The lowest BCUT2D eigenvalue weighted by atomic mass is 10.4. The molecule has 2 aromatic rings. The van der Waals surface area contributed by atoms with Crippen molar-refractivity contribution in [2.24, 2.45) is 0 Å². The highest BCUT2D eigenvalue weighted by atomic mass is 15.3. The van der Waals surface area contributed by atoms with Crippen LogP contribution in [0.4, 0.5) is 5.69 Å². The summed E-state index contributed by atoms with van der Waals surface area (Å²) in [5, 5.41) is 8.34. The highest BCUT2D eigenvalue weighted by molar-refractivity contribution is 5.51. The van der Waals surface area contributed by atoms with Crippen molar-refractivity contribution in [3.8, 4) is 0 Å². The van der Waals surface area contributed by atoms with E-state index in [9.17, 15) is 0 Å². The summed E-state index contributed by atoms with van der Waals surface area (Å²) in [6.45, 7) is 3.22. The van der Waals surface area contributed by atoms with E-state index in [2.05, 4.69) is 15.1 Å². The molecule has 1 fully saturated rings. The Balaban J connectivity index is 1.91. The number of nitrogen functional groups attached to an aromatic ring is 1. The maximum atomic E-state index is 5.71. The Labute approximate surface area is 93.9 Å². The summed E-state index contributed by atoms with van der Waals surface area (Å²) >= 11 is 0. The normalized spacial score (nSPS) is 17.2. The molecule has 0 atom stereocenters. The number of hydrogen-bond acceptors (Lipinski definition) is 4. The van der Waals surface area contributed by atoms with E-state index < -0.39 is 0 Å². The lowest BCUT2D eigenvalue weighted by Gasteiger charge is -2.12. The Hall–Kier alpha value is -1.62. The number of anilines is 1. The third-order valence-corrected chi connectivity index (χ3v) is 3.07. The summed E-state index contributed by atoms with van der Waals surface area (Å²) in [5.41, 5.74) is 7.26. The first-order valence-electron chi connectivity index (χ1n) is 5.64. The van der Waals surface area contributed by atoms with Gasteiger partial charge >= 0.3 is 0 Å². The van der Waals surface area contributed by atoms with Crippen LogP contribution in [-0.4, -0.2) is 32.6 Å². The van der Waals surface area contributed by atoms with Crippen molar-refractivity contribution in [3.63, 3.8) is 0 Å². The van der Waals surface area contributed by atoms with Crippen LogP contribution < -0.4 is 5.73 Å². The molecular formula is C11H15N5. The standard InChI is InChI=1S/C11H15N5/c12-9-3-6-16-10(7-9)13-14-11(16)8-15-4-1-2-5-15/h3,6-7H,1-2,4-5,8,12H2. The monoisotopic (exact) mass is 217 g/mol. The summed E-state index contributed by atoms with van der Waals surface area (Å²) < 4.78 is 2.01. The fourth-order valence-electron chi connectivity index (χ4n) is 2.20. The number of aromatic nitrogens is 3. The highest BCUT2D eigenvalue weighted by Crippen LogP contribution is 2.13. The van der Waals surface area contributed by atoms with Gasteiger partial charge in [-0.05, 0) is 32.0 Å². The number of pyridine rings is 1. The molecular weight excluding hydrogens is 202 g/mol. The molecule has 3 rings (SSSR count). The Morgan fingerprint density at radius 2 is 2.06 bits per heavy atom. The average Bonchev–Trinajstić information content (AvgIpc) is 2.89. The van der Waals surface area contributed by atoms with Gasteiger partial charge in [0.05, 0.1) is 6.54 Å². The summed E-state index contributed by atoms with van der Waals surface area (Å²) in [4.78, 5) is 2.41. The van der Waals surface area contributed by atoms with Crippen molar-refractivity contribution in [2.45, 2.75) is 19.4 Å². The lowest BCUT2D eigenvalue weighted by molar-refractivity contribution is 0.321. The van der Waals surface area contributed by atoms with Gasteiger partial charge in [0.1, 0.15) is 0 Å². The number of fused-ring (bicyclic) bond motifs is 1. The molecule has 0 bridgehead atoms. The first-order chi connectivity index (χ1) is 7.83. The molecule has 0 saturated carbocycles. The minimum atomic E-state index is 0.729. The van der Waals surface area contributed by atoms with Gasteiger partial charge in [0, 0.05) is 18.0 Å². The van der Waals surface area contributed by atoms with E-state index in [4.69, 9.17) is 5.73 Å². The molecule has 0 unspecified atom stereocenters. The van der Waals surface area contributed by atoms with Crippen LogP contribution in [0.1, 0.15) is 18.7 Å². The molecule has 2 N–H and O–H groups in total. The van der Waals surface area contributed by atoms with Crippen molar-refractivity contribution in [1.29, 1.82) is 0 Å². The van der Waals surface area contributed by atoms with Crippen LogP contribution in [0.25, 0.3) is 5.65 Å². The highest BCUT2D eigenvalue weighted by Gasteiger charge is 2.15. The van der Waals surface area contributed by atoms with Gasteiger partial charge in [0.15, 0.2) is 11.5 Å². The quantitative estimate of drug-likeness (QED) is 0.812. The zero-order chi connectivity index (χ0) is 11.0. The van der Waals surface area contributed by atoms with Gasteiger partial charge in [-0.1, -0.05) is 0 Å². The van der Waals surface area contributed by atoms with Crippen molar-refractivity contribution < 1.29 is 0 Å². The van der Waals surface area contributed by atoms with Crippen LogP contribution in [-0.2, 0) is 6.54 Å². The fourth-order valence-corrected chi connectivity index (χ4v) is 2.20. The van der Waals surface area contributed by atoms with Gasteiger partial charge in [0.25, 0.3) is 0 Å². The first-order valence-corrected chi connectivity index (χ1v) is 5.64. The third-order valence-electron chi connectivity index (χ3n) is 3.07. The second-order valence-electron chi connectivity index (χ2n) is 4.29. The number of hydrogen-bond donors (Lipinski definition) is 1. The van der Waals surface area contributed by atoms with Crippen LogP contribution in [0.2, 0.25) is 0 Å². The topological polar surface area (TPSA) is 59.5 Å². The smallest absolute Gasteiger partial charge is 0.162 e. The van der Waals surface area contributed by atoms with E-state index in [1.165, 1.54) is 25.9 Å². The SMILES string of the molecule is Nc1ccn2c(CN3CCCC3)nnc2c1. The summed E-state index contributed by atoms with van der Waals surface area (Å²) in [7, 11) is 0. The van der Waals surface area contributed by atoms with E-state index in [-0.39, 0.29) is 0 Å². The predicted octanol–water partition coefficient (Wildman–Crippen LogP) is 0.907. The Morgan fingerprint density at radius 1 is 1.25 bits per heavy atom. The van der Waals surface area contributed by atoms with Gasteiger partial charge in [-0.3, -0.25) is 9.30 Å². The van der Waals surface area contributed by atoms with E-state index in [0.29, 0.717) is 0 Å². The third kappa shape index (κ3) is 1.63. The van der Waals surface area contributed by atoms with Crippen molar-refractivity contribution in [3.05, 3.63) is 24.2 Å². The molecule has 84 valence electrons. The Bertz CT molecular complexity index is 498. The molecule has 3 heterocycles. The minimum Gasteiger partial charge on any atom is -0.399 e. The summed E-state index contributed by atoms with van der Waals surface area (Å²) in [6, 6.07) is 3.73. The van der Waals surface area contributed by atoms with Crippen LogP contribution in [0, 0.1) is 0 Å². The molecule has 0 radical (unpaired) electrons. The molecule has 0 amide bonds. The molecule has 1 aliphatic rings. The molecule has 0 aromatic carbocycles. The molecule has 1 saturated heterocycles. The van der Waals surface area contributed by atoms with Gasteiger partial charge < -0.3 is 5.73 Å². The summed E-state index contributed by atoms with van der Waals surface area (Å²) in [6.07, 6.45) is 4.53. The van der Waals surface area contributed by atoms with E-state index in [1.807, 2.05) is 22.7 Å². The van der Waals surface area contributed by atoms with Gasteiger partial charge in [-0.25, -0.2) is 0 Å². The average molecular weight is 217 g/mol. The molecule has 2 aromatic heterocycles. The second kappa shape index (κ2) is 3.75. The molecule has 5 nitrogen and oxygen atoms in total. The largest absolute Gasteiger partial charge is 0.399 e. The fraction of sp³-hybridized carbons (Fsp3) is 0.455. The predicted molar refractivity (Wildman–Crippen MR) is 61.9 cm³/mol. The van der Waals surface area contributed by atoms with Crippen molar-refractivity contribution >= 4 is 11.3 Å². The minimum absolute atomic E-state index is 0.729. The van der Waals surface area contributed by atoms with Crippen LogP contribution in [0.3, 0.4) is 0 Å². The van der Waals surface area contributed by atoms with Gasteiger partial charge in [-0.2, -0.15) is 0 Å². The zero-order valence-corrected chi connectivity index (χ0v) is 9.13. The first kappa shape index (κ1) is 9.59. The maximum Gasteiger partial charge on any atom is 0.162 e. The number of nitrogens with two attached hydrogens (primary N) is 1. The molecule has 16 heavy (non-hydrogen) atoms. The number of rotatable bonds is 2. The van der Waals surface area contributed by atoms with E-state index >= 15 is 0 Å². The Kier molecular flexibility index (Phi) is 2.25. The molecule has 5 heteroatoms. The van der Waals surface area contributed by atoms with Crippen molar-refractivity contribution in [1.82, 2.24) is 19.5 Å². The van der Waals surface area contributed by atoms with Gasteiger partial charge in [0.2, 0.25) is 0 Å². The molecule has 1 aliphatic heterocycles. The number of likely N-dealkylation sites (tertiary alicyclic amines) is 1. The lowest BCUT2D eigenvalue weighted by Crippen LogP contribution is -2.20. The van der Waals surface area contributed by atoms with Gasteiger partial charge in [-0.15, -0.1) is 10.2 Å². The zero-order valence-electron chi connectivity index (χ0n) is 9.13. The van der Waals surface area contributed by atoms with E-state index in [1.54, 1.807) is 0 Å². The summed E-state index contributed by atoms with van der Waals surface area (Å²) in [5.74, 6) is 0.997. The Morgan fingerprint density at radius 3 is 2.88 bits per heavy atom. The molecule has 0 spiro atoms. The van der Waals surface area contributed by atoms with Crippen LogP contribution in [0.5, 0.6) is 0 Å². The van der Waals surface area contributed by atoms with Crippen LogP contribution in [0.15, 0.2) is 18.3 Å². The van der Waals surface area contributed by atoms with Crippen LogP contribution >= 0.6 is 0 Å².